The number of hydrogen-bond acceptors (Lipinski definition) is 6. The van der Waals surface area contributed by atoms with Gasteiger partial charge in [0.2, 0.25) is 0 Å². The van der Waals surface area contributed by atoms with Crippen LogP contribution in [0.1, 0.15) is 29.1 Å². The summed E-state index contributed by atoms with van der Waals surface area (Å²) in [4.78, 5) is 27.6. The fourth-order valence-electron chi connectivity index (χ4n) is 1.97. The van der Waals surface area contributed by atoms with Crippen LogP contribution in [0, 0.1) is 4.64 Å². The number of ether oxygens (including phenoxy) is 1. The van der Waals surface area contributed by atoms with Gasteiger partial charge in [-0.1, -0.05) is 24.4 Å². The summed E-state index contributed by atoms with van der Waals surface area (Å²) in [5.41, 5.74) is 0.794. The van der Waals surface area contributed by atoms with E-state index in [2.05, 4.69) is 15.6 Å². The van der Waals surface area contributed by atoms with E-state index in [1.54, 1.807) is 31.5 Å². The van der Waals surface area contributed by atoms with Crippen molar-refractivity contribution in [1.29, 1.82) is 0 Å². The lowest BCUT2D eigenvalue weighted by Gasteiger charge is -2.14. The van der Waals surface area contributed by atoms with Crippen LogP contribution in [0.4, 0.5) is 4.79 Å². The number of nitrogens with zero attached hydrogens (tertiary/aromatic N) is 2. The first-order valence-corrected chi connectivity index (χ1v) is 7.94. The van der Waals surface area contributed by atoms with Gasteiger partial charge < -0.3 is 20.6 Å². The Morgan fingerprint density at radius 2 is 2.04 bits per heavy atom. The fourth-order valence-corrected chi connectivity index (χ4v) is 2.15. The van der Waals surface area contributed by atoms with Crippen LogP contribution in [0.15, 0.2) is 42.7 Å². The highest BCUT2D eigenvalue weighted by Crippen LogP contribution is 2.14. The smallest absolute Gasteiger partial charge is 0.407 e. The third-order valence-electron chi connectivity index (χ3n) is 3.28. The molecule has 0 radical (unpaired) electrons. The van der Waals surface area contributed by atoms with E-state index in [-0.39, 0.29) is 23.4 Å². The Labute approximate surface area is 149 Å². The lowest BCUT2D eigenvalue weighted by molar-refractivity contribution is 0.0890. The van der Waals surface area contributed by atoms with Gasteiger partial charge in [0, 0.05) is 31.0 Å². The van der Waals surface area contributed by atoms with Crippen LogP contribution in [-0.2, 0) is 4.74 Å². The Bertz CT molecular complexity index is 794. The van der Waals surface area contributed by atoms with Gasteiger partial charge in [-0.05, 0) is 25.1 Å². The minimum Gasteiger partial charge on any atom is -0.442 e. The first kappa shape index (κ1) is 18.4. The van der Waals surface area contributed by atoms with Crippen molar-refractivity contribution in [3.05, 3.63) is 58.6 Å². The van der Waals surface area contributed by atoms with Crippen molar-refractivity contribution >= 4 is 24.2 Å². The summed E-state index contributed by atoms with van der Waals surface area (Å²) in [6, 6.07) is 8.06. The van der Waals surface area contributed by atoms with Gasteiger partial charge in [-0.15, -0.1) is 0 Å². The highest BCUT2D eigenvalue weighted by Gasteiger charge is 2.12. The normalized spacial score (nSPS) is 11.4. The monoisotopic (exact) mass is 362 g/mol. The van der Waals surface area contributed by atoms with Crippen LogP contribution < -0.4 is 10.6 Å². The average Bonchev–Trinajstić information content (AvgIpc) is 2.61. The Morgan fingerprint density at radius 3 is 2.76 bits per heavy atom. The zero-order chi connectivity index (χ0) is 18.2. The largest absolute Gasteiger partial charge is 0.442 e. The maximum atomic E-state index is 11.9. The first-order valence-electron chi connectivity index (χ1n) is 7.53. The van der Waals surface area contributed by atoms with Crippen LogP contribution in [-0.4, -0.2) is 40.0 Å². The molecule has 0 aromatic carbocycles. The molecule has 3 N–H and O–H groups in total. The molecule has 2 rings (SSSR count). The van der Waals surface area contributed by atoms with Crippen LogP contribution in [0.2, 0.25) is 0 Å². The Balaban J connectivity index is 1.73. The van der Waals surface area contributed by atoms with E-state index >= 15 is 0 Å². The molecule has 8 nitrogen and oxygen atoms in total. The average molecular weight is 362 g/mol. The molecule has 0 aliphatic rings. The molecular weight excluding hydrogens is 344 g/mol. The summed E-state index contributed by atoms with van der Waals surface area (Å²) in [5, 5.41) is 14.8. The molecular formula is C16H18N4O4S. The minimum atomic E-state index is -0.602. The molecule has 1 atom stereocenters. The van der Waals surface area contributed by atoms with Crippen LogP contribution >= 0.6 is 12.2 Å². The quantitative estimate of drug-likeness (QED) is 0.413. The predicted molar refractivity (Wildman–Crippen MR) is 91.9 cm³/mol. The van der Waals surface area contributed by atoms with Gasteiger partial charge in [0.25, 0.3) is 5.91 Å². The van der Waals surface area contributed by atoms with Crippen molar-refractivity contribution in [3.63, 3.8) is 0 Å². The molecule has 0 bridgehead atoms. The SMILES string of the molecule is C[C@H](OC(=O)NCCNC(=O)c1cccc(=S)n1O)c1cccnc1. The number of carbonyl (C=O) groups is 2. The van der Waals surface area contributed by atoms with Gasteiger partial charge >= 0.3 is 6.09 Å². The van der Waals surface area contributed by atoms with E-state index in [0.29, 0.717) is 4.73 Å². The van der Waals surface area contributed by atoms with Gasteiger partial charge in [0.05, 0.1) is 0 Å². The molecule has 0 saturated heterocycles. The van der Waals surface area contributed by atoms with Crippen molar-refractivity contribution in [1.82, 2.24) is 20.3 Å². The number of carbonyl (C=O) groups excluding carboxylic acids is 2. The standard InChI is InChI=1S/C16H18N4O4S/c1-11(12-4-3-7-17-10-12)24-16(22)19-9-8-18-15(21)13-5-2-6-14(25)20(13)23/h2-7,10-11,23H,8-9H2,1H3,(H,18,21)(H,19,22)/t11-/m0/s1. The Hall–Kier alpha value is -2.94. The number of amides is 2. The van der Waals surface area contributed by atoms with Gasteiger partial charge in [0.1, 0.15) is 16.4 Å². The molecule has 2 amide bonds. The van der Waals surface area contributed by atoms with Crippen molar-refractivity contribution in [2.24, 2.45) is 0 Å². The molecule has 0 fully saturated rings. The summed E-state index contributed by atoms with van der Waals surface area (Å²) in [5.74, 6) is -0.506. The summed E-state index contributed by atoms with van der Waals surface area (Å²) < 4.78 is 5.95. The number of aromatic nitrogens is 2. The molecule has 0 spiro atoms. The van der Waals surface area contributed by atoms with E-state index in [1.165, 1.54) is 12.1 Å². The number of pyridine rings is 2. The number of nitrogens with one attached hydrogen (secondary N) is 2. The van der Waals surface area contributed by atoms with Crippen LogP contribution in [0.5, 0.6) is 0 Å². The second kappa shape index (κ2) is 8.78. The van der Waals surface area contributed by atoms with Crippen LogP contribution in [0.25, 0.3) is 0 Å². The summed E-state index contributed by atoms with van der Waals surface area (Å²) in [6.07, 6.45) is 2.22. The van der Waals surface area contributed by atoms with Crippen molar-refractivity contribution in [3.8, 4) is 0 Å². The van der Waals surface area contributed by atoms with Crippen molar-refractivity contribution in [2.75, 3.05) is 13.1 Å². The molecule has 0 aliphatic carbocycles. The van der Waals surface area contributed by atoms with Crippen molar-refractivity contribution in [2.45, 2.75) is 13.0 Å². The lowest BCUT2D eigenvalue weighted by atomic mass is 10.2. The number of hydrogen-bond donors (Lipinski definition) is 3. The Kier molecular flexibility index (Phi) is 6.47. The fraction of sp³-hybridized carbons (Fsp3) is 0.250. The topological polar surface area (TPSA) is 105 Å². The van der Waals surface area contributed by atoms with E-state index in [9.17, 15) is 14.8 Å². The van der Waals surface area contributed by atoms with Gasteiger partial charge in [0.15, 0.2) is 0 Å². The van der Waals surface area contributed by atoms with Crippen molar-refractivity contribution < 1.29 is 19.5 Å². The summed E-state index contributed by atoms with van der Waals surface area (Å²) in [6.45, 7) is 2.07. The third kappa shape index (κ3) is 5.28. The molecule has 2 aromatic rings. The lowest BCUT2D eigenvalue weighted by Crippen LogP contribution is -2.36. The zero-order valence-corrected chi connectivity index (χ0v) is 14.3. The number of rotatable bonds is 6. The van der Waals surface area contributed by atoms with Gasteiger partial charge in [-0.3, -0.25) is 9.78 Å². The summed E-state index contributed by atoms with van der Waals surface area (Å²) in [7, 11) is 0. The molecule has 0 unspecified atom stereocenters. The predicted octanol–water partition coefficient (Wildman–Crippen LogP) is 2.07. The highest BCUT2D eigenvalue weighted by molar-refractivity contribution is 7.71. The second-order valence-corrected chi connectivity index (χ2v) is 5.50. The van der Waals surface area contributed by atoms with E-state index < -0.39 is 18.1 Å². The molecule has 9 heteroatoms. The van der Waals surface area contributed by atoms with Gasteiger partial charge in [-0.2, -0.15) is 4.73 Å². The van der Waals surface area contributed by atoms with E-state index in [1.807, 2.05) is 6.07 Å². The molecule has 2 heterocycles. The zero-order valence-electron chi connectivity index (χ0n) is 13.5. The molecule has 0 saturated carbocycles. The molecule has 132 valence electrons. The van der Waals surface area contributed by atoms with Gasteiger partial charge in [-0.25, -0.2) is 4.79 Å². The van der Waals surface area contributed by atoms with E-state index in [0.717, 1.165) is 5.56 Å². The maximum Gasteiger partial charge on any atom is 0.407 e. The molecule has 25 heavy (non-hydrogen) atoms. The minimum absolute atomic E-state index is 0.0141. The Morgan fingerprint density at radius 1 is 1.28 bits per heavy atom. The highest BCUT2D eigenvalue weighted by atomic mass is 32.1. The molecule has 2 aromatic heterocycles. The third-order valence-corrected chi connectivity index (χ3v) is 3.59. The van der Waals surface area contributed by atoms with E-state index in [4.69, 9.17) is 17.0 Å². The number of alkyl carbamates (subject to hydrolysis) is 1. The maximum absolute atomic E-state index is 11.9. The molecule has 0 aliphatic heterocycles. The second-order valence-electron chi connectivity index (χ2n) is 5.08. The van der Waals surface area contributed by atoms with Crippen LogP contribution in [0.3, 0.4) is 0 Å². The summed E-state index contributed by atoms with van der Waals surface area (Å²) >= 11 is 4.86. The first-order chi connectivity index (χ1) is 12.0.